The Morgan fingerprint density at radius 1 is 0.265 bits per heavy atom. The predicted octanol–water partition coefficient (Wildman–Crippen LogP) is 23.5. The zero-order valence-electron chi connectivity index (χ0n) is 72.7. The van der Waals surface area contributed by atoms with E-state index in [-0.39, 0.29) is 87.6 Å². The van der Waals surface area contributed by atoms with Crippen molar-refractivity contribution in [2.24, 2.45) is 107 Å². The zero-order chi connectivity index (χ0) is 84.9. The molecule has 0 aromatic carbocycles. The molecular formula is C96H132Cl2N6O12Ru. The number of hydrogen-bond donors (Lipinski definition) is 0. The Kier molecular flexibility index (Phi) is 36.1. The summed E-state index contributed by atoms with van der Waals surface area (Å²) in [7, 11) is 9.71. The summed E-state index contributed by atoms with van der Waals surface area (Å²) < 4.78 is 36.2. The van der Waals surface area contributed by atoms with Crippen molar-refractivity contribution in [3.8, 4) is 34.2 Å². The number of aromatic nitrogens is 6. The summed E-state index contributed by atoms with van der Waals surface area (Å²) in [6.45, 7) is 39.8. The Morgan fingerprint density at radius 2 is 0.393 bits per heavy atom. The van der Waals surface area contributed by atoms with Gasteiger partial charge in [0, 0.05) is 37.2 Å². The molecule has 6 aliphatic rings. The van der Waals surface area contributed by atoms with Crippen LogP contribution in [-0.2, 0) is 43.6 Å². The van der Waals surface area contributed by atoms with Crippen LogP contribution < -0.4 is 0 Å². The van der Waals surface area contributed by atoms with E-state index < -0.39 is 0 Å². The van der Waals surface area contributed by atoms with Crippen LogP contribution in [0.3, 0.4) is 0 Å². The van der Waals surface area contributed by atoms with Gasteiger partial charge < -0.3 is 28.4 Å². The van der Waals surface area contributed by atoms with E-state index in [1.807, 2.05) is 0 Å². The second-order valence-electron chi connectivity index (χ2n) is 37.2. The summed E-state index contributed by atoms with van der Waals surface area (Å²) in [5, 5.41) is 0. The van der Waals surface area contributed by atoms with Gasteiger partial charge >= 0.3 is 70.3 Å². The molecule has 6 saturated carbocycles. The molecule has 6 heterocycles. The van der Waals surface area contributed by atoms with Gasteiger partial charge in [0.25, 0.3) is 0 Å². The summed E-state index contributed by atoms with van der Waals surface area (Å²) in [6, 6.07) is 20.3. The van der Waals surface area contributed by atoms with Crippen LogP contribution in [-0.4, -0.2) is 102 Å². The van der Waals surface area contributed by atoms with E-state index in [1.165, 1.54) is 38.5 Å². The average molecular weight is 1730 g/mol. The van der Waals surface area contributed by atoms with Crippen LogP contribution >= 0.6 is 19.4 Å². The van der Waals surface area contributed by atoms with Crippen LogP contribution in [0.25, 0.3) is 34.2 Å². The molecule has 0 saturated heterocycles. The van der Waals surface area contributed by atoms with E-state index in [0.29, 0.717) is 174 Å². The Hall–Kier alpha value is -7.08. The van der Waals surface area contributed by atoms with Crippen molar-refractivity contribution in [1.29, 1.82) is 0 Å². The quantitative estimate of drug-likeness (QED) is 0.0370. The van der Waals surface area contributed by atoms with Crippen molar-refractivity contribution in [3.63, 3.8) is 0 Å². The van der Waals surface area contributed by atoms with Crippen LogP contribution in [0.1, 0.15) is 302 Å². The Morgan fingerprint density at radius 3 is 0.513 bits per heavy atom. The number of carbonyl (C=O) groups excluding carboxylic acids is 6. The van der Waals surface area contributed by atoms with Crippen molar-refractivity contribution in [1.82, 2.24) is 29.9 Å². The van der Waals surface area contributed by atoms with Gasteiger partial charge in [-0.05, 0) is 256 Å². The van der Waals surface area contributed by atoms with E-state index in [9.17, 15) is 28.8 Å². The fourth-order valence-electron chi connectivity index (χ4n) is 18.9. The van der Waals surface area contributed by atoms with Gasteiger partial charge in [0.2, 0.25) is 0 Å². The van der Waals surface area contributed by atoms with Gasteiger partial charge in [-0.3, -0.25) is 29.9 Å². The Labute approximate surface area is 713 Å². The topological polar surface area (TPSA) is 235 Å². The first-order valence-electron chi connectivity index (χ1n) is 43.7. The van der Waals surface area contributed by atoms with Gasteiger partial charge in [0.05, 0.1) is 67.5 Å². The molecule has 6 fully saturated rings. The maximum absolute atomic E-state index is 13.1. The molecule has 0 spiro atoms. The van der Waals surface area contributed by atoms with Crippen molar-refractivity contribution in [3.05, 3.63) is 143 Å². The molecule has 6 aromatic rings. The third-order valence-corrected chi connectivity index (χ3v) is 26.1. The standard InChI is InChI=1S/3C32H44N2O4.2ClH.Ru/c3*1-19(2)25-9-7-21(5)15-29(25)37-31(35)23-11-13-33-27(17-23)28-18-24(12-14-34-28)32(36)38-30-16-22(6)8-10-26(30)20(3)4;;;/h3*11-14,17-22,25-26,29-30H,7-10,15-16H2,1-6H3;2*1H;/q;;;;;+2/p-2/t3*21-,22-,25+,26+,29-,30-;;;/m111.../s1. The monoisotopic (exact) mass is 1730 g/mol. The molecular weight excluding hydrogens is 1600 g/mol. The molecule has 21 heteroatoms. The maximum atomic E-state index is 13.1. The van der Waals surface area contributed by atoms with Gasteiger partial charge in [-0.1, -0.05) is 163 Å². The minimum absolute atomic E-state index is 0.0729. The van der Waals surface area contributed by atoms with Gasteiger partial charge in [-0.15, -0.1) is 0 Å². The summed E-state index contributed by atoms with van der Waals surface area (Å²) in [6.07, 6.45) is 28.1. The molecule has 6 aromatic heterocycles. The van der Waals surface area contributed by atoms with E-state index in [2.05, 4.69) is 155 Å². The van der Waals surface area contributed by atoms with Crippen LogP contribution in [0, 0.1) is 107 Å². The predicted molar refractivity (Wildman–Crippen MR) is 457 cm³/mol. The molecule has 0 aliphatic heterocycles. The van der Waals surface area contributed by atoms with E-state index in [1.54, 1.807) is 110 Å². The van der Waals surface area contributed by atoms with E-state index >= 15 is 0 Å². The fourth-order valence-corrected chi connectivity index (χ4v) is 18.9. The number of nitrogens with zero attached hydrogens (tertiary/aromatic N) is 6. The van der Waals surface area contributed by atoms with Gasteiger partial charge in [0.15, 0.2) is 0 Å². The van der Waals surface area contributed by atoms with Crippen molar-refractivity contribution in [2.45, 2.75) is 277 Å². The molecule has 0 bridgehead atoms. The zero-order valence-corrected chi connectivity index (χ0v) is 75.9. The van der Waals surface area contributed by atoms with E-state index in [0.717, 1.165) is 77.0 Å². The molecule has 117 heavy (non-hydrogen) atoms. The molecule has 6 aliphatic carbocycles. The average Bonchev–Trinajstić information content (AvgIpc) is 0.811. The van der Waals surface area contributed by atoms with Crippen molar-refractivity contribution in [2.75, 3.05) is 0 Å². The summed E-state index contributed by atoms with van der Waals surface area (Å²) in [5.41, 5.74) is 5.83. The SMILES string of the molecule is CC(C)[C@@H]1CC[C@@H](C)C[C@H]1OC(=O)c1ccnc(-c2cc(C(=O)O[C@@H]3C[C@H](C)CC[C@H]3C(C)C)ccn2)c1.CC(C)[C@@H]1CC[C@@H](C)C[C@H]1OC(=O)c1ccnc(-c2cc(C(=O)O[C@@H]3C[C@H](C)CC[C@H]3C(C)C)ccn2)c1.CC(C)[C@@H]1CC[C@@H](C)C[C@H]1OC(=O)c1ccnc(-c2cc(C(=O)O[C@@H]3C[C@H](C)CC[C@H]3C(C)C)ccn2)c1.[Cl][Ru][Cl]. The minimum atomic E-state index is -0.346. The van der Waals surface area contributed by atoms with Gasteiger partial charge in [0.1, 0.15) is 36.6 Å². The molecule has 18 atom stereocenters. The third kappa shape index (κ3) is 27.0. The molecule has 0 amide bonds. The first-order chi connectivity index (χ1) is 55.8. The van der Waals surface area contributed by atoms with Gasteiger partial charge in [-0.2, -0.15) is 0 Å². The Balaban J connectivity index is 0.000000197. The Bertz CT molecular complexity index is 3540. The molecule has 0 unspecified atom stereocenters. The molecule has 18 nitrogen and oxygen atoms in total. The number of pyridine rings is 6. The van der Waals surface area contributed by atoms with E-state index in [4.69, 9.17) is 47.8 Å². The van der Waals surface area contributed by atoms with Gasteiger partial charge in [-0.25, -0.2) is 28.8 Å². The number of rotatable bonds is 21. The molecule has 0 radical (unpaired) electrons. The van der Waals surface area contributed by atoms with Crippen LogP contribution in [0.5, 0.6) is 0 Å². The van der Waals surface area contributed by atoms with Crippen molar-refractivity contribution < 1.29 is 72.3 Å². The number of ether oxygens (including phenoxy) is 6. The first kappa shape index (κ1) is 93.8. The van der Waals surface area contributed by atoms with Crippen molar-refractivity contribution >= 4 is 55.2 Å². The number of halogens is 2. The summed E-state index contributed by atoms with van der Waals surface area (Å²) in [4.78, 5) is 105. The molecule has 12 rings (SSSR count). The third-order valence-electron chi connectivity index (χ3n) is 26.1. The fraction of sp³-hybridized carbons (Fsp3) is 0.625. The summed E-state index contributed by atoms with van der Waals surface area (Å²) in [5.74, 6) is 6.37. The number of hydrogen-bond acceptors (Lipinski definition) is 18. The number of carbonyl (C=O) groups is 6. The van der Waals surface area contributed by atoms with Crippen LogP contribution in [0.15, 0.2) is 110 Å². The second-order valence-corrected chi connectivity index (χ2v) is 39.9. The summed E-state index contributed by atoms with van der Waals surface area (Å²) >= 11 is -0.346. The molecule has 640 valence electrons. The molecule has 0 N–H and O–H groups in total. The van der Waals surface area contributed by atoms with Crippen LogP contribution in [0.4, 0.5) is 0 Å². The second kappa shape index (κ2) is 45.0. The number of esters is 6. The normalized spacial score (nSPS) is 27.3. The first-order valence-corrected chi connectivity index (χ1v) is 48.1. The van der Waals surface area contributed by atoms with Crippen LogP contribution in [0.2, 0.25) is 0 Å².